The second-order valence-corrected chi connectivity index (χ2v) is 11.9. The Morgan fingerprint density at radius 3 is 1.90 bits per heavy atom. The monoisotopic (exact) mass is 539 g/mol. The first-order valence-corrected chi connectivity index (χ1v) is 15.2. The molecule has 2 amide bonds. The van der Waals surface area contributed by atoms with Gasteiger partial charge < -0.3 is 20.6 Å². The van der Waals surface area contributed by atoms with Gasteiger partial charge in [-0.3, -0.25) is 0 Å². The predicted molar refractivity (Wildman–Crippen MR) is 162 cm³/mol. The lowest BCUT2D eigenvalue weighted by Crippen LogP contribution is -2.54. The first-order valence-electron chi connectivity index (χ1n) is 15.2. The van der Waals surface area contributed by atoms with Crippen LogP contribution >= 0.6 is 0 Å². The molecule has 0 spiro atoms. The van der Waals surface area contributed by atoms with Crippen LogP contribution in [0.1, 0.15) is 74.5 Å². The zero-order chi connectivity index (χ0) is 27.8. The van der Waals surface area contributed by atoms with Crippen LogP contribution in [-0.4, -0.2) is 47.8 Å². The number of benzene rings is 3. The van der Waals surface area contributed by atoms with Crippen molar-refractivity contribution in [1.29, 1.82) is 0 Å². The maximum Gasteiger partial charge on any atom is 0.315 e. The molecule has 1 saturated carbocycles. The standard InChI is InChI=1S/C35H45N3O2/c1-27(35(40,31-13-7-3-8-14-31)32-15-9-4-10-16-32)36-34(39)37-33-19-17-28(18-20-33)21-24-38-25-22-30(23-26-38)29-11-5-2-6-12-29/h2-16,27-28,30,33,40H,17-26H2,1H3,(H2,36,37,39)/t27-,28?,33?/m0/s1. The molecule has 212 valence electrons. The second-order valence-electron chi connectivity index (χ2n) is 11.9. The van der Waals surface area contributed by atoms with Crippen LogP contribution in [0.2, 0.25) is 0 Å². The zero-order valence-corrected chi connectivity index (χ0v) is 23.8. The SMILES string of the molecule is C[C@H](NC(=O)NC1CCC(CCN2CCC(c3ccccc3)CC2)CC1)C(O)(c1ccccc1)c1ccccc1. The fourth-order valence-electron chi connectivity index (χ4n) is 6.76. The van der Waals surface area contributed by atoms with Gasteiger partial charge in [0.15, 0.2) is 0 Å². The highest BCUT2D eigenvalue weighted by Crippen LogP contribution is 2.33. The van der Waals surface area contributed by atoms with E-state index in [1.807, 2.05) is 67.6 Å². The Kier molecular flexibility index (Phi) is 9.56. The van der Waals surface area contributed by atoms with E-state index in [1.165, 1.54) is 57.3 Å². The maximum absolute atomic E-state index is 13.0. The average molecular weight is 540 g/mol. The highest BCUT2D eigenvalue weighted by atomic mass is 16.3. The fourth-order valence-corrected chi connectivity index (χ4v) is 6.76. The van der Waals surface area contributed by atoms with E-state index in [-0.39, 0.29) is 12.1 Å². The summed E-state index contributed by atoms with van der Waals surface area (Å²) in [5, 5.41) is 18.2. The lowest BCUT2D eigenvalue weighted by Gasteiger charge is -2.37. The van der Waals surface area contributed by atoms with Crippen molar-refractivity contribution >= 4 is 6.03 Å². The van der Waals surface area contributed by atoms with Gasteiger partial charge in [-0.1, -0.05) is 91.0 Å². The number of aliphatic hydroxyl groups is 1. The van der Waals surface area contributed by atoms with E-state index in [1.54, 1.807) is 0 Å². The van der Waals surface area contributed by atoms with E-state index in [2.05, 4.69) is 45.9 Å². The Morgan fingerprint density at radius 1 is 0.825 bits per heavy atom. The molecular weight excluding hydrogens is 494 g/mol. The molecule has 5 rings (SSSR count). The summed E-state index contributed by atoms with van der Waals surface area (Å²) >= 11 is 0. The van der Waals surface area contributed by atoms with E-state index in [4.69, 9.17) is 0 Å². The summed E-state index contributed by atoms with van der Waals surface area (Å²) < 4.78 is 0. The number of hydrogen-bond acceptors (Lipinski definition) is 3. The number of nitrogens with zero attached hydrogens (tertiary/aromatic N) is 1. The molecule has 1 heterocycles. The molecule has 2 aliphatic rings. The minimum absolute atomic E-state index is 0.187. The van der Waals surface area contributed by atoms with Gasteiger partial charge in [-0.2, -0.15) is 0 Å². The van der Waals surface area contributed by atoms with E-state index in [0.717, 1.165) is 29.9 Å². The molecule has 1 atom stereocenters. The zero-order valence-electron chi connectivity index (χ0n) is 23.8. The first kappa shape index (κ1) is 28.4. The number of piperidine rings is 1. The van der Waals surface area contributed by atoms with E-state index >= 15 is 0 Å². The van der Waals surface area contributed by atoms with Gasteiger partial charge in [0, 0.05) is 6.04 Å². The van der Waals surface area contributed by atoms with Crippen LogP contribution in [0.3, 0.4) is 0 Å². The van der Waals surface area contributed by atoms with Crippen LogP contribution in [0, 0.1) is 5.92 Å². The second kappa shape index (κ2) is 13.5. The number of hydrogen-bond donors (Lipinski definition) is 3. The Morgan fingerprint density at radius 2 is 1.35 bits per heavy atom. The third-order valence-corrected chi connectivity index (χ3v) is 9.30. The summed E-state index contributed by atoms with van der Waals surface area (Å²) in [4.78, 5) is 15.7. The van der Waals surface area contributed by atoms with E-state index in [0.29, 0.717) is 5.92 Å². The first-order chi connectivity index (χ1) is 19.5. The topological polar surface area (TPSA) is 64.6 Å². The minimum atomic E-state index is -1.33. The summed E-state index contributed by atoms with van der Waals surface area (Å²) in [6, 6.07) is 29.6. The van der Waals surface area contributed by atoms with Crippen LogP contribution in [0.4, 0.5) is 4.79 Å². The molecule has 2 fully saturated rings. The third-order valence-electron chi connectivity index (χ3n) is 9.30. The van der Waals surface area contributed by atoms with Crippen LogP contribution in [0.5, 0.6) is 0 Å². The van der Waals surface area contributed by atoms with E-state index < -0.39 is 11.6 Å². The molecule has 3 aromatic carbocycles. The van der Waals surface area contributed by atoms with Gasteiger partial charge in [0.05, 0.1) is 6.04 Å². The summed E-state index contributed by atoms with van der Waals surface area (Å²) in [6.45, 7) is 5.47. The number of urea groups is 1. The van der Waals surface area contributed by atoms with Crippen LogP contribution in [0.25, 0.3) is 0 Å². The van der Waals surface area contributed by atoms with Crippen molar-refractivity contribution in [3.05, 3.63) is 108 Å². The molecular formula is C35H45N3O2. The molecule has 0 aromatic heterocycles. The van der Waals surface area contributed by atoms with E-state index in [9.17, 15) is 9.90 Å². The number of rotatable bonds is 9. The van der Waals surface area contributed by atoms with Crippen LogP contribution in [-0.2, 0) is 5.60 Å². The molecule has 3 aromatic rings. The number of carbonyl (C=O) groups is 1. The van der Waals surface area contributed by atoms with Crippen molar-refractivity contribution in [2.24, 2.45) is 5.92 Å². The Balaban J connectivity index is 1.06. The Labute approximate surface area is 240 Å². The van der Waals surface area contributed by atoms with Crippen molar-refractivity contribution < 1.29 is 9.90 Å². The molecule has 0 unspecified atom stereocenters. The van der Waals surface area contributed by atoms with Gasteiger partial charge in [-0.25, -0.2) is 4.79 Å². The molecule has 1 saturated heterocycles. The van der Waals surface area contributed by atoms with Gasteiger partial charge in [-0.15, -0.1) is 0 Å². The summed E-state index contributed by atoms with van der Waals surface area (Å²) in [5.41, 5.74) is 1.70. The Bertz CT molecular complexity index is 1130. The molecule has 5 heteroatoms. The summed E-state index contributed by atoms with van der Waals surface area (Å²) in [6.07, 6.45) is 8.15. The van der Waals surface area contributed by atoms with Crippen molar-refractivity contribution in [3.8, 4) is 0 Å². The molecule has 40 heavy (non-hydrogen) atoms. The minimum Gasteiger partial charge on any atom is -0.378 e. The fraction of sp³-hybridized carbons (Fsp3) is 0.457. The molecule has 1 aliphatic heterocycles. The van der Waals surface area contributed by atoms with Crippen molar-refractivity contribution in [1.82, 2.24) is 15.5 Å². The van der Waals surface area contributed by atoms with Gasteiger partial charge in [0.25, 0.3) is 0 Å². The van der Waals surface area contributed by atoms with Gasteiger partial charge in [-0.05, 0) is 100 Å². The highest BCUT2D eigenvalue weighted by molar-refractivity contribution is 5.75. The molecule has 1 aliphatic carbocycles. The largest absolute Gasteiger partial charge is 0.378 e. The molecule has 3 N–H and O–H groups in total. The number of likely N-dealkylation sites (tertiary alicyclic amines) is 1. The lowest BCUT2D eigenvalue weighted by atomic mass is 9.81. The summed E-state index contributed by atoms with van der Waals surface area (Å²) in [5.74, 6) is 1.46. The number of amides is 2. The van der Waals surface area contributed by atoms with Gasteiger partial charge in [0.1, 0.15) is 5.60 Å². The summed E-state index contributed by atoms with van der Waals surface area (Å²) in [7, 11) is 0. The normalized spacial score (nSPS) is 21.4. The van der Waals surface area contributed by atoms with Gasteiger partial charge >= 0.3 is 6.03 Å². The maximum atomic E-state index is 13.0. The average Bonchev–Trinajstić information content (AvgIpc) is 3.02. The van der Waals surface area contributed by atoms with Crippen molar-refractivity contribution in [2.45, 2.75) is 75.5 Å². The van der Waals surface area contributed by atoms with Crippen molar-refractivity contribution in [2.75, 3.05) is 19.6 Å². The van der Waals surface area contributed by atoms with Crippen molar-refractivity contribution in [3.63, 3.8) is 0 Å². The number of carbonyl (C=O) groups excluding carboxylic acids is 1. The highest BCUT2D eigenvalue weighted by Gasteiger charge is 2.38. The van der Waals surface area contributed by atoms with Crippen LogP contribution < -0.4 is 10.6 Å². The molecule has 0 radical (unpaired) electrons. The van der Waals surface area contributed by atoms with Gasteiger partial charge in [0.2, 0.25) is 0 Å². The lowest BCUT2D eigenvalue weighted by molar-refractivity contribution is 0.0470. The Hall–Kier alpha value is -3.15. The number of nitrogens with one attached hydrogen (secondary N) is 2. The smallest absolute Gasteiger partial charge is 0.315 e. The quantitative estimate of drug-likeness (QED) is 0.293. The third kappa shape index (κ3) is 6.94. The van der Waals surface area contributed by atoms with Crippen LogP contribution in [0.15, 0.2) is 91.0 Å². The molecule has 0 bridgehead atoms. The predicted octanol–water partition coefficient (Wildman–Crippen LogP) is 6.44. The molecule has 5 nitrogen and oxygen atoms in total.